The molecule has 160 valence electrons. The molecule has 2 fully saturated rings. The second-order valence-corrected chi connectivity index (χ2v) is 8.02. The van der Waals surface area contributed by atoms with Gasteiger partial charge < -0.3 is 18.9 Å². The number of esters is 1. The summed E-state index contributed by atoms with van der Waals surface area (Å²) in [5.74, 6) is -0.560. The number of ether oxygens (including phenoxy) is 2. The van der Waals surface area contributed by atoms with Crippen molar-refractivity contribution in [1.82, 2.24) is 9.47 Å². The van der Waals surface area contributed by atoms with E-state index < -0.39 is 5.41 Å². The first-order chi connectivity index (χ1) is 14.5. The van der Waals surface area contributed by atoms with Crippen molar-refractivity contribution in [2.24, 2.45) is 0 Å². The number of benzene rings is 1. The highest BCUT2D eigenvalue weighted by Gasteiger charge is 2.44. The summed E-state index contributed by atoms with van der Waals surface area (Å²) < 4.78 is 25.8. The molecule has 0 aliphatic carbocycles. The normalized spacial score (nSPS) is 19.5. The zero-order chi connectivity index (χ0) is 21.1. The molecule has 0 atom stereocenters. The van der Waals surface area contributed by atoms with Crippen molar-refractivity contribution < 1.29 is 23.5 Å². The maximum Gasteiger partial charge on any atom is 0.354 e. The van der Waals surface area contributed by atoms with Crippen LogP contribution in [0.1, 0.15) is 47.8 Å². The molecule has 2 aliphatic rings. The van der Waals surface area contributed by atoms with Crippen LogP contribution >= 0.6 is 0 Å². The Morgan fingerprint density at radius 1 is 1.10 bits per heavy atom. The molecule has 2 saturated heterocycles. The fraction of sp³-hybridized carbons (Fsp3) is 0.478. The number of piperidine rings is 1. The molecule has 0 spiro atoms. The molecule has 30 heavy (non-hydrogen) atoms. The molecule has 6 nitrogen and oxygen atoms in total. The Morgan fingerprint density at radius 2 is 1.77 bits per heavy atom. The largest absolute Gasteiger partial charge is 0.464 e. The third-order valence-electron chi connectivity index (χ3n) is 6.47. The minimum absolute atomic E-state index is 0.0940. The SMILES string of the molecule is COC(=O)c1cccn1C1CCN(C(=O)C2(c3ccc(F)cc3)CCOCC2)CC1. The quantitative estimate of drug-likeness (QED) is 0.720. The smallest absolute Gasteiger partial charge is 0.354 e. The molecule has 0 unspecified atom stereocenters. The summed E-state index contributed by atoms with van der Waals surface area (Å²) in [5.41, 5.74) is 0.732. The maximum absolute atomic E-state index is 13.7. The van der Waals surface area contributed by atoms with E-state index in [-0.39, 0.29) is 23.7 Å². The van der Waals surface area contributed by atoms with E-state index in [1.54, 1.807) is 18.2 Å². The lowest BCUT2D eigenvalue weighted by molar-refractivity contribution is -0.142. The van der Waals surface area contributed by atoms with Crippen LogP contribution in [0.4, 0.5) is 4.39 Å². The monoisotopic (exact) mass is 414 g/mol. The molecule has 2 aromatic rings. The highest BCUT2D eigenvalue weighted by atomic mass is 19.1. The fourth-order valence-corrected chi connectivity index (χ4v) is 4.75. The Morgan fingerprint density at radius 3 is 2.40 bits per heavy atom. The van der Waals surface area contributed by atoms with Gasteiger partial charge in [0.1, 0.15) is 11.5 Å². The molecule has 3 heterocycles. The van der Waals surface area contributed by atoms with Gasteiger partial charge in [-0.2, -0.15) is 0 Å². The van der Waals surface area contributed by atoms with Gasteiger partial charge in [-0.05, 0) is 55.5 Å². The maximum atomic E-state index is 13.7. The van der Waals surface area contributed by atoms with Crippen LogP contribution in [-0.2, 0) is 19.7 Å². The summed E-state index contributed by atoms with van der Waals surface area (Å²) in [6.07, 6.45) is 4.62. The van der Waals surface area contributed by atoms with Crippen molar-refractivity contribution in [2.75, 3.05) is 33.4 Å². The second-order valence-electron chi connectivity index (χ2n) is 8.02. The number of carbonyl (C=O) groups excluding carboxylic acids is 2. The summed E-state index contributed by atoms with van der Waals surface area (Å²) in [7, 11) is 1.38. The summed E-state index contributed by atoms with van der Waals surface area (Å²) >= 11 is 0. The molecule has 1 aromatic heterocycles. The minimum Gasteiger partial charge on any atom is -0.464 e. The average Bonchev–Trinajstić information content (AvgIpc) is 3.29. The summed E-state index contributed by atoms with van der Waals surface area (Å²) in [6.45, 7) is 2.27. The van der Waals surface area contributed by atoms with Gasteiger partial charge in [-0.3, -0.25) is 4.79 Å². The van der Waals surface area contributed by atoms with E-state index in [0.29, 0.717) is 44.8 Å². The van der Waals surface area contributed by atoms with Crippen LogP contribution in [0.15, 0.2) is 42.6 Å². The number of nitrogens with zero attached hydrogens (tertiary/aromatic N) is 2. The van der Waals surface area contributed by atoms with Gasteiger partial charge in [0.15, 0.2) is 0 Å². The van der Waals surface area contributed by atoms with Gasteiger partial charge in [0.25, 0.3) is 0 Å². The topological polar surface area (TPSA) is 60.8 Å². The summed E-state index contributed by atoms with van der Waals surface area (Å²) in [5, 5.41) is 0. The van der Waals surface area contributed by atoms with Crippen LogP contribution in [0.3, 0.4) is 0 Å². The van der Waals surface area contributed by atoms with E-state index >= 15 is 0 Å². The molecular formula is C23H27FN2O4. The van der Waals surface area contributed by atoms with Crippen molar-refractivity contribution in [1.29, 1.82) is 0 Å². The fourth-order valence-electron chi connectivity index (χ4n) is 4.75. The number of amides is 1. The summed E-state index contributed by atoms with van der Waals surface area (Å²) in [6, 6.07) is 10.1. The van der Waals surface area contributed by atoms with E-state index in [0.717, 1.165) is 18.4 Å². The highest BCUT2D eigenvalue weighted by molar-refractivity contribution is 5.89. The lowest BCUT2D eigenvalue weighted by atomic mass is 9.72. The van der Waals surface area contributed by atoms with Crippen LogP contribution in [0.25, 0.3) is 0 Å². The van der Waals surface area contributed by atoms with Gasteiger partial charge in [-0.15, -0.1) is 0 Å². The number of hydrogen-bond donors (Lipinski definition) is 0. The molecule has 0 N–H and O–H groups in total. The molecule has 0 radical (unpaired) electrons. The zero-order valence-electron chi connectivity index (χ0n) is 17.2. The highest BCUT2D eigenvalue weighted by Crippen LogP contribution is 2.38. The van der Waals surface area contributed by atoms with Crippen molar-refractivity contribution in [3.63, 3.8) is 0 Å². The van der Waals surface area contributed by atoms with Crippen molar-refractivity contribution in [3.05, 3.63) is 59.7 Å². The van der Waals surface area contributed by atoms with Crippen molar-refractivity contribution in [2.45, 2.75) is 37.1 Å². The molecule has 0 saturated carbocycles. The molecule has 1 amide bonds. The Hall–Kier alpha value is -2.67. The number of carbonyl (C=O) groups is 2. The van der Waals surface area contributed by atoms with Crippen LogP contribution in [-0.4, -0.2) is 54.8 Å². The van der Waals surface area contributed by atoms with Gasteiger partial charge in [0.2, 0.25) is 5.91 Å². The van der Waals surface area contributed by atoms with E-state index in [9.17, 15) is 14.0 Å². The molecule has 0 bridgehead atoms. The number of halogens is 1. The Kier molecular flexibility index (Phi) is 5.90. The van der Waals surface area contributed by atoms with Gasteiger partial charge in [-0.1, -0.05) is 12.1 Å². The molecule has 2 aliphatic heterocycles. The molecule has 1 aromatic carbocycles. The number of methoxy groups -OCH3 is 1. The third-order valence-corrected chi connectivity index (χ3v) is 6.47. The third kappa shape index (κ3) is 3.74. The van der Waals surface area contributed by atoms with E-state index in [2.05, 4.69) is 0 Å². The standard InChI is InChI=1S/C23H27FN2O4/c1-29-21(27)20-3-2-12-26(20)19-8-13-25(14-9-19)22(28)23(10-15-30-16-11-23)17-4-6-18(24)7-5-17/h2-7,12,19H,8-11,13-16H2,1H3. The van der Waals surface area contributed by atoms with Crippen LogP contribution in [0, 0.1) is 5.82 Å². The average molecular weight is 414 g/mol. The lowest BCUT2D eigenvalue weighted by Crippen LogP contribution is -2.52. The van der Waals surface area contributed by atoms with Gasteiger partial charge in [0.05, 0.1) is 12.5 Å². The lowest BCUT2D eigenvalue weighted by Gasteiger charge is -2.42. The van der Waals surface area contributed by atoms with E-state index in [4.69, 9.17) is 9.47 Å². The van der Waals surface area contributed by atoms with Crippen LogP contribution in [0.2, 0.25) is 0 Å². The Bertz CT molecular complexity index is 894. The van der Waals surface area contributed by atoms with Crippen LogP contribution < -0.4 is 0 Å². The first-order valence-corrected chi connectivity index (χ1v) is 10.4. The zero-order valence-corrected chi connectivity index (χ0v) is 17.2. The molecule has 7 heteroatoms. The first kappa shape index (κ1) is 20.6. The molecular weight excluding hydrogens is 387 g/mol. The van der Waals surface area contributed by atoms with Crippen molar-refractivity contribution >= 4 is 11.9 Å². The van der Waals surface area contributed by atoms with Gasteiger partial charge in [-0.25, -0.2) is 9.18 Å². The Balaban J connectivity index is 1.51. The summed E-state index contributed by atoms with van der Waals surface area (Å²) in [4.78, 5) is 27.6. The van der Waals surface area contributed by atoms with E-state index in [1.165, 1.54) is 19.2 Å². The van der Waals surface area contributed by atoms with Crippen LogP contribution in [0.5, 0.6) is 0 Å². The predicted octanol–water partition coefficient (Wildman–Crippen LogP) is 3.33. The second kappa shape index (κ2) is 8.60. The van der Waals surface area contributed by atoms with E-state index in [1.807, 2.05) is 21.7 Å². The van der Waals surface area contributed by atoms with Gasteiger partial charge in [0, 0.05) is 38.5 Å². The number of likely N-dealkylation sites (tertiary alicyclic amines) is 1. The Labute approximate surface area is 175 Å². The van der Waals surface area contributed by atoms with Crippen molar-refractivity contribution in [3.8, 4) is 0 Å². The predicted molar refractivity (Wildman–Crippen MR) is 109 cm³/mol. The molecule has 4 rings (SSSR count). The van der Waals surface area contributed by atoms with Gasteiger partial charge >= 0.3 is 5.97 Å². The first-order valence-electron chi connectivity index (χ1n) is 10.4. The minimum atomic E-state index is -0.663. The number of rotatable bonds is 4. The number of aromatic nitrogens is 1. The number of hydrogen-bond acceptors (Lipinski definition) is 4.